The van der Waals surface area contributed by atoms with E-state index in [0.717, 1.165) is 16.9 Å². The molecule has 0 unspecified atom stereocenters. The van der Waals surface area contributed by atoms with Crippen LogP contribution in [0, 0.1) is 5.82 Å². The molecule has 102 valence electrons. The molecule has 3 rings (SSSR count). The highest BCUT2D eigenvalue weighted by molar-refractivity contribution is 6.17. The lowest BCUT2D eigenvalue weighted by molar-refractivity contribution is 0.629. The van der Waals surface area contributed by atoms with E-state index in [9.17, 15) is 4.39 Å². The molecule has 0 amide bonds. The summed E-state index contributed by atoms with van der Waals surface area (Å²) in [5, 5.41) is 0. The largest absolute Gasteiger partial charge is 0.323 e. The average molecular weight is 290 g/mol. The molecule has 0 radical (unpaired) electrons. The average Bonchev–Trinajstić information content (AvgIpc) is 2.77. The maximum absolute atomic E-state index is 13.3. The summed E-state index contributed by atoms with van der Waals surface area (Å²) in [5.74, 6) is 1.07. The molecule has 0 saturated heterocycles. The Balaban J connectivity index is 2.09. The first-order chi connectivity index (χ1) is 9.78. The molecule has 0 N–H and O–H groups in total. The Hall–Kier alpha value is -1.94. The smallest absolute Gasteiger partial charge is 0.125 e. The number of hydrogen-bond donors (Lipinski definition) is 0. The third kappa shape index (κ3) is 2.51. The van der Waals surface area contributed by atoms with Gasteiger partial charge in [-0.05, 0) is 23.8 Å². The third-order valence-corrected chi connectivity index (χ3v) is 3.36. The predicted octanol–water partition coefficient (Wildman–Crippen LogP) is 3.40. The van der Waals surface area contributed by atoms with Crippen LogP contribution in [-0.4, -0.2) is 20.4 Å². The van der Waals surface area contributed by atoms with Gasteiger partial charge in [0.1, 0.15) is 11.6 Å². The summed E-state index contributed by atoms with van der Waals surface area (Å²) in [7, 11) is 0. The number of benzene rings is 1. The molecular weight excluding hydrogens is 277 g/mol. The van der Waals surface area contributed by atoms with Crippen LogP contribution in [0.25, 0.3) is 11.0 Å². The fourth-order valence-electron chi connectivity index (χ4n) is 2.28. The van der Waals surface area contributed by atoms with Crippen LogP contribution in [0.15, 0.2) is 42.7 Å². The van der Waals surface area contributed by atoms with E-state index in [1.807, 2.05) is 18.3 Å². The van der Waals surface area contributed by atoms with E-state index in [-0.39, 0.29) is 5.82 Å². The molecule has 0 spiro atoms. The lowest BCUT2D eigenvalue weighted by Crippen LogP contribution is -2.06. The van der Waals surface area contributed by atoms with Gasteiger partial charge in [0.2, 0.25) is 0 Å². The normalized spacial score (nSPS) is 11.1. The van der Waals surface area contributed by atoms with Gasteiger partial charge < -0.3 is 4.57 Å². The highest BCUT2D eigenvalue weighted by atomic mass is 35.5. The highest BCUT2D eigenvalue weighted by Gasteiger charge is 2.11. The highest BCUT2D eigenvalue weighted by Crippen LogP contribution is 2.19. The standard InChI is InChI=1S/C15H13ClFN3/c16-6-5-15-19-13-8-12(17)3-4-14(13)20(15)10-11-2-1-7-18-9-11/h1-4,7-9H,5-6,10H2. The first kappa shape index (κ1) is 13.1. The molecule has 0 aliphatic rings. The van der Waals surface area contributed by atoms with Gasteiger partial charge in [-0.15, -0.1) is 11.6 Å². The molecule has 2 aromatic heterocycles. The first-order valence-corrected chi connectivity index (χ1v) is 6.91. The van der Waals surface area contributed by atoms with Crippen molar-refractivity contribution in [3.05, 3.63) is 59.9 Å². The zero-order valence-electron chi connectivity index (χ0n) is 10.8. The second kappa shape index (κ2) is 5.59. The molecule has 0 fully saturated rings. The molecular formula is C15H13ClFN3. The van der Waals surface area contributed by atoms with Crippen molar-refractivity contribution in [2.75, 3.05) is 5.88 Å². The second-order valence-electron chi connectivity index (χ2n) is 4.55. The molecule has 2 heterocycles. The minimum absolute atomic E-state index is 0.277. The maximum atomic E-state index is 13.3. The Labute approximate surface area is 121 Å². The lowest BCUT2D eigenvalue weighted by atomic mass is 10.2. The van der Waals surface area contributed by atoms with Crippen LogP contribution >= 0.6 is 11.6 Å². The molecule has 3 nitrogen and oxygen atoms in total. The third-order valence-electron chi connectivity index (χ3n) is 3.17. The first-order valence-electron chi connectivity index (χ1n) is 6.37. The molecule has 0 saturated carbocycles. The van der Waals surface area contributed by atoms with Crippen molar-refractivity contribution < 1.29 is 4.39 Å². The van der Waals surface area contributed by atoms with Gasteiger partial charge >= 0.3 is 0 Å². The van der Waals surface area contributed by atoms with Crippen molar-refractivity contribution in [3.63, 3.8) is 0 Å². The van der Waals surface area contributed by atoms with E-state index in [1.165, 1.54) is 12.1 Å². The molecule has 5 heteroatoms. The van der Waals surface area contributed by atoms with Gasteiger partial charge in [0.05, 0.1) is 17.6 Å². The van der Waals surface area contributed by atoms with Crippen molar-refractivity contribution in [1.82, 2.24) is 14.5 Å². The van der Waals surface area contributed by atoms with Crippen LogP contribution in [0.3, 0.4) is 0 Å². The lowest BCUT2D eigenvalue weighted by Gasteiger charge is -2.08. The van der Waals surface area contributed by atoms with Gasteiger partial charge in [-0.1, -0.05) is 6.07 Å². The number of alkyl halides is 1. The minimum atomic E-state index is -0.277. The Morgan fingerprint density at radius 1 is 1.25 bits per heavy atom. The van der Waals surface area contributed by atoms with Crippen LogP contribution in [-0.2, 0) is 13.0 Å². The van der Waals surface area contributed by atoms with Gasteiger partial charge in [-0.2, -0.15) is 0 Å². The Bertz CT molecular complexity index is 725. The van der Waals surface area contributed by atoms with E-state index in [4.69, 9.17) is 11.6 Å². The molecule has 20 heavy (non-hydrogen) atoms. The summed E-state index contributed by atoms with van der Waals surface area (Å²) < 4.78 is 15.4. The summed E-state index contributed by atoms with van der Waals surface area (Å²) in [5.41, 5.74) is 2.65. The number of fused-ring (bicyclic) bond motifs is 1. The molecule has 0 aliphatic carbocycles. The second-order valence-corrected chi connectivity index (χ2v) is 4.93. The van der Waals surface area contributed by atoms with Crippen LogP contribution in [0.1, 0.15) is 11.4 Å². The SMILES string of the molecule is Fc1ccc2c(c1)nc(CCCl)n2Cc1cccnc1. The Kier molecular flexibility index (Phi) is 3.65. The van der Waals surface area contributed by atoms with E-state index < -0.39 is 0 Å². The summed E-state index contributed by atoms with van der Waals surface area (Å²) in [6, 6.07) is 8.56. The van der Waals surface area contributed by atoms with Gasteiger partial charge in [-0.25, -0.2) is 9.37 Å². The number of rotatable bonds is 4. The Morgan fingerprint density at radius 3 is 2.90 bits per heavy atom. The minimum Gasteiger partial charge on any atom is -0.323 e. The van der Waals surface area contributed by atoms with Crippen molar-refractivity contribution in [3.8, 4) is 0 Å². The van der Waals surface area contributed by atoms with Gasteiger partial charge in [0, 0.05) is 30.8 Å². The van der Waals surface area contributed by atoms with E-state index >= 15 is 0 Å². The molecule has 0 bridgehead atoms. The van der Waals surface area contributed by atoms with Gasteiger partial charge in [0.15, 0.2) is 0 Å². The molecule has 0 aliphatic heterocycles. The van der Waals surface area contributed by atoms with Crippen molar-refractivity contribution in [1.29, 1.82) is 0 Å². The number of halogens is 2. The molecule has 0 atom stereocenters. The Morgan fingerprint density at radius 2 is 2.15 bits per heavy atom. The fraction of sp³-hybridized carbons (Fsp3) is 0.200. The fourth-order valence-corrected chi connectivity index (χ4v) is 2.45. The number of pyridine rings is 1. The van der Waals surface area contributed by atoms with E-state index in [2.05, 4.69) is 14.5 Å². The summed E-state index contributed by atoms with van der Waals surface area (Å²) in [6.45, 7) is 0.655. The molecule has 3 aromatic rings. The van der Waals surface area contributed by atoms with Gasteiger partial charge in [0.25, 0.3) is 0 Å². The topological polar surface area (TPSA) is 30.7 Å². The number of nitrogens with zero attached hydrogens (tertiary/aromatic N) is 3. The number of aryl methyl sites for hydroxylation is 1. The summed E-state index contributed by atoms with van der Waals surface area (Å²) in [6.07, 6.45) is 4.21. The number of hydrogen-bond acceptors (Lipinski definition) is 2. The van der Waals surface area contributed by atoms with Crippen molar-refractivity contribution in [2.45, 2.75) is 13.0 Å². The summed E-state index contributed by atoms with van der Waals surface area (Å²) >= 11 is 5.83. The quantitative estimate of drug-likeness (QED) is 0.689. The van der Waals surface area contributed by atoms with Crippen molar-refractivity contribution >= 4 is 22.6 Å². The summed E-state index contributed by atoms with van der Waals surface area (Å²) in [4.78, 5) is 8.59. The van der Waals surface area contributed by atoms with Crippen LogP contribution in [0.4, 0.5) is 4.39 Å². The number of imidazole rings is 1. The monoisotopic (exact) mass is 289 g/mol. The van der Waals surface area contributed by atoms with Crippen LogP contribution in [0.2, 0.25) is 0 Å². The van der Waals surface area contributed by atoms with Gasteiger partial charge in [-0.3, -0.25) is 4.98 Å². The number of aromatic nitrogens is 3. The van der Waals surface area contributed by atoms with Crippen LogP contribution in [0.5, 0.6) is 0 Å². The van der Waals surface area contributed by atoms with E-state index in [0.29, 0.717) is 24.4 Å². The zero-order valence-corrected chi connectivity index (χ0v) is 11.5. The maximum Gasteiger partial charge on any atom is 0.125 e. The van der Waals surface area contributed by atoms with E-state index in [1.54, 1.807) is 12.3 Å². The predicted molar refractivity (Wildman–Crippen MR) is 77.5 cm³/mol. The zero-order chi connectivity index (χ0) is 13.9. The van der Waals surface area contributed by atoms with Crippen LogP contribution < -0.4 is 0 Å². The van der Waals surface area contributed by atoms with Crippen molar-refractivity contribution in [2.24, 2.45) is 0 Å². The molecule has 1 aromatic carbocycles.